The number of fused-ring (bicyclic) bond motifs is 1. The minimum absolute atomic E-state index is 0.0850. The van der Waals surface area contributed by atoms with Crippen LogP contribution < -0.4 is 5.73 Å². The minimum Gasteiger partial charge on any atom is -0.480 e. The summed E-state index contributed by atoms with van der Waals surface area (Å²) >= 11 is 1.28. The van der Waals surface area contributed by atoms with Crippen molar-refractivity contribution in [3.05, 3.63) is 48.3 Å². The van der Waals surface area contributed by atoms with Gasteiger partial charge in [-0.25, -0.2) is 4.98 Å². The van der Waals surface area contributed by atoms with Gasteiger partial charge in [-0.3, -0.25) is 9.89 Å². The maximum absolute atomic E-state index is 13.6. The third-order valence-corrected chi connectivity index (χ3v) is 5.82. The molecule has 3 rings (SSSR count). The maximum Gasteiger partial charge on any atom is 0.395 e. The SMILES string of the molecule is NC(CCSCCC(c1ccc(-c2cnc3[nH]ncc3c2)cc1)C(F)(F)F)C(=O)O. The van der Waals surface area contributed by atoms with Crippen molar-refractivity contribution in [2.24, 2.45) is 5.73 Å². The number of hydrogen-bond donors (Lipinski definition) is 3. The molecule has 0 fully saturated rings. The van der Waals surface area contributed by atoms with E-state index < -0.39 is 24.1 Å². The molecule has 0 aliphatic carbocycles. The second-order valence-electron chi connectivity index (χ2n) is 6.88. The number of pyridine rings is 1. The molecule has 4 N–H and O–H groups in total. The fourth-order valence-electron chi connectivity index (χ4n) is 3.06. The van der Waals surface area contributed by atoms with Crippen LogP contribution in [-0.4, -0.2) is 50.0 Å². The Morgan fingerprint density at radius 2 is 1.83 bits per heavy atom. The number of nitrogens with two attached hydrogens (primary N) is 1. The molecule has 6 nitrogen and oxygen atoms in total. The lowest BCUT2D eigenvalue weighted by Crippen LogP contribution is -2.30. The predicted octanol–water partition coefficient (Wildman–Crippen LogP) is 4.20. The number of halogens is 3. The summed E-state index contributed by atoms with van der Waals surface area (Å²) in [5, 5.41) is 16.2. The summed E-state index contributed by atoms with van der Waals surface area (Å²) in [6, 6.07) is 7.21. The Kier molecular flexibility index (Phi) is 6.99. The van der Waals surface area contributed by atoms with Crippen molar-refractivity contribution >= 4 is 28.8 Å². The van der Waals surface area contributed by atoms with Crippen molar-refractivity contribution in [1.82, 2.24) is 15.2 Å². The third kappa shape index (κ3) is 5.51. The number of carbonyl (C=O) groups is 1. The zero-order valence-electron chi connectivity index (χ0n) is 15.9. The van der Waals surface area contributed by atoms with E-state index in [2.05, 4.69) is 15.2 Å². The van der Waals surface area contributed by atoms with Crippen molar-refractivity contribution in [3.63, 3.8) is 0 Å². The molecule has 2 aromatic heterocycles. The zero-order chi connectivity index (χ0) is 21.7. The van der Waals surface area contributed by atoms with Gasteiger partial charge in [0, 0.05) is 17.1 Å². The number of carboxylic acids is 1. The molecule has 160 valence electrons. The number of aliphatic carboxylic acids is 1. The minimum atomic E-state index is -4.36. The van der Waals surface area contributed by atoms with Crippen LogP contribution in [0.2, 0.25) is 0 Å². The number of thioether (sulfide) groups is 1. The number of carboxylic acid groups (broad SMARTS) is 1. The number of rotatable bonds is 9. The largest absolute Gasteiger partial charge is 0.480 e. The van der Waals surface area contributed by atoms with E-state index in [9.17, 15) is 18.0 Å². The summed E-state index contributed by atoms with van der Waals surface area (Å²) in [5.74, 6) is -2.02. The van der Waals surface area contributed by atoms with Gasteiger partial charge in [0.2, 0.25) is 0 Å². The van der Waals surface area contributed by atoms with E-state index in [1.165, 1.54) is 23.9 Å². The molecular weight excluding hydrogens is 417 g/mol. The second kappa shape index (κ2) is 9.48. The molecule has 0 spiro atoms. The van der Waals surface area contributed by atoms with Gasteiger partial charge in [0.15, 0.2) is 5.65 Å². The van der Waals surface area contributed by atoms with E-state index >= 15 is 0 Å². The number of H-pyrrole nitrogens is 1. The van der Waals surface area contributed by atoms with Crippen LogP contribution in [0.25, 0.3) is 22.2 Å². The molecule has 0 amide bonds. The number of hydrogen-bond acceptors (Lipinski definition) is 5. The highest BCUT2D eigenvalue weighted by atomic mass is 32.2. The first-order chi connectivity index (χ1) is 14.3. The number of nitrogens with one attached hydrogen (secondary N) is 1. The van der Waals surface area contributed by atoms with Crippen LogP contribution in [-0.2, 0) is 4.79 Å². The van der Waals surface area contributed by atoms with Gasteiger partial charge in [-0.15, -0.1) is 0 Å². The van der Waals surface area contributed by atoms with Crippen molar-refractivity contribution in [3.8, 4) is 11.1 Å². The first kappa shape index (κ1) is 22.1. The van der Waals surface area contributed by atoms with Gasteiger partial charge in [-0.1, -0.05) is 24.3 Å². The van der Waals surface area contributed by atoms with E-state index in [0.29, 0.717) is 11.4 Å². The molecule has 2 heterocycles. The van der Waals surface area contributed by atoms with E-state index in [0.717, 1.165) is 16.5 Å². The van der Waals surface area contributed by atoms with Crippen LogP contribution in [0.15, 0.2) is 42.7 Å². The molecule has 0 radical (unpaired) electrons. The molecule has 2 atom stereocenters. The molecule has 10 heteroatoms. The summed E-state index contributed by atoms with van der Waals surface area (Å²) in [6.45, 7) is 0. The number of aromatic amines is 1. The molecule has 3 aromatic rings. The van der Waals surface area contributed by atoms with Gasteiger partial charge in [-0.05, 0) is 41.5 Å². The molecule has 30 heavy (non-hydrogen) atoms. The van der Waals surface area contributed by atoms with Gasteiger partial charge in [0.05, 0.1) is 12.1 Å². The Balaban J connectivity index is 1.65. The number of alkyl halides is 3. The van der Waals surface area contributed by atoms with E-state index in [1.54, 1.807) is 24.5 Å². The molecule has 0 bridgehead atoms. The van der Waals surface area contributed by atoms with Crippen LogP contribution in [0.1, 0.15) is 24.3 Å². The van der Waals surface area contributed by atoms with Crippen molar-refractivity contribution in [2.75, 3.05) is 11.5 Å². The van der Waals surface area contributed by atoms with Crippen molar-refractivity contribution in [2.45, 2.75) is 31.0 Å². The lowest BCUT2D eigenvalue weighted by molar-refractivity contribution is -0.150. The summed E-state index contributed by atoms with van der Waals surface area (Å²) in [7, 11) is 0. The van der Waals surface area contributed by atoms with Gasteiger partial charge in [-0.2, -0.15) is 30.0 Å². The fraction of sp³-hybridized carbons (Fsp3) is 0.350. The standard InChI is InChI=1S/C20H21F3N4O2S/c21-20(22,23)16(5-7-30-8-6-17(24)19(28)29)13-3-1-12(2-4-13)14-9-15-11-26-27-18(15)25-10-14/h1-4,9-11,16-17H,5-8,24H2,(H,28,29)(H,25,26,27). The quantitative estimate of drug-likeness (QED) is 0.433. The van der Waals surface area contributed by atoms with E-state index in [1.807, 2.05) is 6.07 Å². The Labute approximate surface area is 175 Å². The van der Waals surface area contributed by atoms with Gasteiger partial charge >= 0.3 is 12.1 Å². The van der Waals surface area contributed by atoms with E-state index in [-0.39, 0.29) is 24.2 Å². The number of benzene rings is 1. The molecule has 2 unspecified atom stereocenters. The summed E-state index contributed by atoms with van der Waals surface area (Å²) in [4.78, 5) is 14.9. The summed E-state index contributed by atoms with van der Waals surface area (Å²) in [6.07, 6.45) is -0.939. The Bertz CT molecular complexity index is 992. The van der Waals surface area contributed by atoms with Gasteiger partial charge < -0.3 is 10.8 Å². The first-order valence-corrected chi connectivity index (χ1v) is 10.4. The normalized spacial score (nSPS) is 14.0. The van der Waals surface area contributed by atoms with Crippen LogP contribution in [0, 0.1) is 0 Å². The lowest BCUT2D eigenvalue weighted by atomic mass is 9.94. The van der Waals surface area contributed by atoms with Gasteiger partial charge in [0.25, 0.3) is 0 Å². The highest BCUT2D eigenvalue weighted by molar-refractivity contribution is 7.99. The lowest BCUT2D eigenvalue weighted by Gasteiger charge is -2.21. The number of nitrogens with zero attached hydrogens (tertiary/aromatic N) is 2. The first-order valence-electron chi connectivity index (χ1n) is 9.28. The van der Waals surface area contributed by atoms with Crippen molar-refractivity contribution in [1.29, 1.82) is 0 Å². The Morgan fingerprint density at radius 3 is 2.50 bits per heavy atom. The maximum atomic E-state index is 13.6. The highest BCUT2D eigenvalue weighted by Gasteiger charge is 2.40. The average molecular weight is 438 g/mol. The van der Waals surface area contributed by atoms with Crippen molar-refractivity contribution < 1.29 is 23.1 Å². The highest BCUT2D eigenvalue weighted by Crippen LogP contribution is 2.39. The van der Waals surface area contributed by atoms with E-state index in [4.69, 9.17) is 10.8 Å². The van der Waals surface area contributed by atoms with Crippen LogP contribution in [0.3, 0.4) is 0 Å². The summed E-state index contributed by atoms with van der Waals surface area (Å²) in [5.41, 5.74) is 7.82. The molecule has 0 aliphatic heterocycles. The Hall–Kier alpha value is -2.59. The fourth-order valence-corrected chi connectivity index (χ4v) is 4.09. The monoisotopic (exact) mass is 438 g/mol. The molecule has 0 saturated carbocycles. The molecule has 1 aromatic carbocycles. The van der Waals surface area contributed by atoms with Crippen LogP contribution in [0.4, 0.5) is 13.2 Å². The molecular formula is C20H21F3N4O2S. The number of aromatic nitrogens is 3. The Morgan fingerprint density at radius 1 is 1.13 bits per heavy atom. The molecule has 0 saturated heterocycles. The topological polar surface area (TPSA) is 105 Å². The van der Waals surface area contributed by atoms with Gasteiger partial charge in [0.1, 0.15) is 6.04 Å². The molecule has 0 aliphatic rings. The summed E-state index contributed by atoms with van der Waals surface area (Å²) < 4.78 is 40.8. The average Bonchev–Trinajstić information content (AvgIpc) is 3.17. The zero-order valence-corrected chi connectivity index (χ0v) is 16.7. The second-order valence-corrected chi connectivity index (χ2v) is 8.11. The predicted molar refractivity (Wildman–Crippen MR) is 110 cm³/mol. The smallest absolute Gasteiger partial charge is 0.395 e. The van der Waals surface area contributed by atoms with Crippen LogP contribution >= 0.6 is 11.8 Å². The third-order valence-electron chi connectivity index (χ3n) is 4.77. The van der Waals surface area contributed by atoms with Crippen LogP contribution in [0.5, 0.6) is 0 Å².